The van der Waals surface area contributed by atoms with Crippen molar-refractivity contribution in [2.45, 2.75) is 58.7 Å². The summed E-state index contributed by atoms with van der Waals surface area (Å²) in [4.78, 5) is 28.3. The zero-order valence-electron chi connectivity index (χ0n) is 21.4. The molecular weight excluding hydrogens is 428 g/mol. The van der Waals surface area contributed by atoms with E-state index in [0.717, 1.165) is 82.1 Å². The monoisotopic (exact) mass is 468 g/mol. The van der Waals surface area contributed by atoms with Crippen LogP contribution in [0.25, 0.3) is 0 Å². The van der Waals surface area contributed by atoms with Gasteiger partial charge < -0.3 is 24.3 Å². The zero-order chi connectivity index (χ0) is 24.1. The summed E-state index contributed by atoms with van der Waals surface area (Å²) in [5, 5.41) is 0. The van der Waals surface area contributed by atoms with Crippen LogP contribution in [0.3, 0.4) is 0 Å². The van der Waals surface area contributed by atoms with Crippen LogP contribution in [-0.2, 0) is 4.74 Å². The van der Waals surface area contributed by atoms with Crippen LogP contribution in [-0.4, -0.2) is 89.8 Å². The molecular formula is C25H40N8O. The van der Waals surface area contributed by atoms with E-state index in [1.165, 1.54) is 0 Å². The van der Waals surface area contributed by atoms with E-state index >= 15 is 0 Å². The third-order valence-electron chi connectivity index (χ3n) is 6.81. The summed E-state index contributed by atoms with van der Waals surface area (Å²) >= 11 is 0. The Bertz CT molecular complexity index is 907. The molecule has 4 heterocycles. The van der Waals surface area contributed by atoms with Gasteiger partial charge in [-0.15, -0.1) is 0 Å². The van der Waals surface area contributed by atoms with Crippen molar-refractivity contribution in [2.24, 2.45) is 0 Å². The SMILES string of the molecule is CCCCO[C@@H](C)c1nccc(N2[C@H](C)CN(c3ccnc(N4CCN(C)CC4)n3)C[C@@H]2C)n1. The molecule has 0 N–H and O–H groups in total. The van der Waals surface area contributed by atoms with Gasteiger partial charge >= 0.3 is 0 Å². The lowest BCUT2D eigenvalue weighted by molar-refractivity contribution is 0.0578. The second-order valence-electron chi connectivity index (χ2n) is 9.66. The molecule has 0 unspecified atom stereocenters. The number of nitrogens with zero attached hydrogens (tertiary/aromatic N) is 8. The lowest BCUT2D eigenvalue weighted by Gasteiger charge is -2.45. The molecule has 0 aromatic carbocycles. The maximum atomic E-state index is 5.93. The number of hydrogen-bond donors (Lipinski definition) is 0. The van der Waals surface area contributed by atoms with E-state index in [9.17, 15) is 0 Å². The fourth-order valence-corrected chi connectivity index (χ4v) is 4.82. The second-order valence-corrected chi connectivity index (χ2v) is 9.66. The molecule has 4 rings (SSSR count). The van der Waals surface area contributed by atoms with Crippen molar-refractivity contribution < 1.29 is 4.74 Å². The van der Waals surface area contributed by atoms with Crippen LogP contribution in [0.5, 0.6) is 0 Å². The molecule has 2 saturated heterocycles. The highest BCUT2D eigenvalue weighted by Crippen LogP contribution is 2.27. The number of hydrogen-bond acceptors (Lipinski definition) is 9. The Morgan fingerprint density at radius 2 is 1.62 bits per heavy atom. The molecule has 3 atom stereocenters. The van der Waals surface area contributed by atoms with Gasteiger partial charge in [-0.1, -0.05) is 13.3 Å². The molecule has 186 valence electrons. The summed E-state index contributed by atoms with van der Waals surface area (Å²) in [5.41, 5.74) is 0. The first-order valence-corrected chi connectivity index (χ1v) is 12.7. The summed E-state index contributed by atoms with van der Waals surface area (Å²) in [5.74, 6) is 3.56. The minimum atomic E-state index is -0.104. The first kappa shape index (κ1) is 24.6. The fraction of sp³-hybridized carbons (Fsp3) is 0.680. The van der Waals surface area contributed by atoms with Crippen LogP contribution < -0.4 is 14.7 Å². The largest absolute Gasteiger partial charge is 0.371 e. The normalized spacial score (nSPS) is 22.8. The van der Waals surface area contributed by atoms with Crippen LogP contribution in [0.15, 0.2) is 24.5 Å². The topological polar surface area (TPSA) is 73.8 Å². The Kier molecular flexibility index (Phi) is 8.15. The third kappa shape index (κ3) is 5.75. The van der Waals surface area contributed by atoms with Gasteiger partial charge in [-0.2, -0.15) is 4.98 Å². The van der Waals surface area contributed by atoms with E-state index in [0.29, 0.717) is 0 Å². The molecule has 2 aliphatic heterocycles. The van der Waals surface area contributed by atoms with Gasteiger partial charge in [0, 0.05) is 70.4 Å². The lowest BCUT2D eigenvalue weighted by atomic mass is 10.1. The Balaban J connectivity index is 1.44. The molecule has 0 radical (unpaired) electrons. The number of unbranched alkanes of at least 4 members (excludes halogenated alkanes) is 1. The van der Waals surface area contributed by atoms with Gasteiger partial charge in [-0.25, -0.2) is 15.0 Å². The van der Waals surface area contributed by atoms with Gasteiger partial charge in [-0.3, -0.25) is 0 Å². The van der Waals surface area contributed by atoms with Crippen molar-refractivity contribution in [2.75, 3.05) is 67.6 Å². The van der Waals surface area contributed by atoms with Crippen LogP contribution in [0, 0.1) is 0 Å². The molecule has 0 saturated carbocycles. The van der Waals surface area contributed by atoms with Crippen molar-refractivity contribution in [3.05, 3.63) is 30.4 Å². The maximum absolute atomic E-state index is 5.93. The van der Waals surface area contributed by atoms with Gasteiger partial charge in [0.2, 0.25) is 5.95 Å². The molecule has 2 aromatic heterocycles. The van der Waals surface area contributed by atoms with Crippen molar-refractivity contribution in [1.29, 1.82) is 0 Å². The zero-order valence-corrected chi connectivity index (χ0v) is 21.4. The summed E-state index contributed by atoms with van der Waals surface area (Å²) in [6.07, 6.45) is 5.83. The van der Waals surface area contributed by atoms with Gasteiger partial charge in [0.05, 0.1) is 0 Å². The summed E-state index contributed by atoms with van der Waals surface area (Å²) in [7, 11) is 2.16. The minimum Gasteiger partial charge on any atom is -0.371 e. The van der Waals surface area contributed by atoms with E-state index in [4.69, 9.17) is 14.7 Å². The third-order valence-corrected chi connectivity index (χ3v) is 6.81. The number of rotatable bonds is 8. The van der Waals surface area contributed by atoms with Crippen LogP contribution in [0.1, 0.15) is 52.5 Å². The first-order valence-electron chi connectivity index (χ1n) is 12.7. The van der Waals surface area contributed by atoms with Gasteiger partial charge in [0.15, 0.2) is 5.82 Å². The van der Waals surface area contributed by atoms with Crippen LogP contribution in [0.4, 0.5) is 17.6 Å². The van der Waals surface area contributed by atoms with Crippen molar-refractivity contribution >= 4 is 17.6 Å². The maximum Gasteiger partial charge on any atom is 0.227 e. The molecule has 0 aliphatic carbocycles. The van der Waals surface area contributed by atoms with Gasteiger partial charge in [-0.05, 0) is 46.4 Å². The quantitative estimate of drug-likeness (QED) is 0.544. The van der Waals surface area contributed by atoms with E-state index < -0.39 is 0 Å². The molecule has 0 amide bonds. The predicted octanol–water partition coefficient (Wildman–Crippen LogP) is 3.00. The lowest BCUT2D eigenvalue weighted by Crippen LogP contribution is -2.57. The number of ether oxygens (including phenoxy) is 1. The summed E-state index contributed by atoms with van der Waals surface area (Å²) in [6.45, 7) is 15.3. The minimum absolute atomic E-state index is 0.104. The summed E-state index contributed by atoms with van der Waals surface area (Å²) in [6, 6.07) is 4.61. The number of piperazine rings is 2. The number of aromatic nitrogens is 4. The van der Waals surface area contributed by atoms with Gasteiger partial charge in [0.25, 0.3) is 0 Å². The van der Waals surface area contributed by atoms with Crippen LogP contribution in [0.2, 0.25) is 0 Å². The van der Waals surface area contributed by atoms with Crippen molar-refractivity contribution in [3.8, 4) is 0 Å². The smallest absolute Gasteiger partial charge is 0.227 e. The molecule has 2 aliphatic rings. The first-order chi connectivity index (χ1) is 16.5. The molecule has 9 heteroatoms. The highest BCUT2D eigenvalue weighted by molar-refractivity contribution is 5.49. The molecule has 9 nitrogen and oxygen atoms in total. The average molecular weight is 469 g/mol. The molecule has 2 aromatic rings. The Morgan fingerprint density at radius 1 is 0.941 bits per heavy atom. The highest BCUT2D eigenvalue weighted by Gasteiger charge is 2.32. The Labute approximate surface area is 204 Å². The van der Waals surface area contributed by atoms with Crippen molar-refractivity contribution in [1.82, 2.24) is 24.8 Å². The number of anilines is 3. The summed E-state index contributed by atoms with van der Waals surface area (Å²) < 4.78 is 5.93. The van der Waals surface area contributed by atoms with Crippen LogP contribution >= 0.6 is 0 Å². The Morgan fingerprint density at radius 3 is 2.32 bits per heavy atom. The highest BCUT2D eigenvalue weighted by atomic mass is 16.5. The van der Waals surface area contributed by atoms with E-state index in [2.05, 4.69) is 57.4 Å². The average Bonchev–Trinajstić information content (AvgIpc) is 2.84. The molecule has 0 bridgehead atoms. The fourth-order valence-electron chi connectivity index (χ4n) is 4.82. The van der Waals surface area contributed by atoms with E-state index in [1.54, 1.807) is 0 Å². The van der Waals surface area contributed by atoms with E-state index in [1.807, 2.05) is 31.5 Å². The molecule has 34 heavy (non-hydrogen) atoms. The van der Waals surface area contributed by atoms with Crippen molar-refractivity contribution in [3.63, 3.8) is 0 Å². The molecule has 0 spiro atoms. The second kappa shape index (κ2) is 11.3. The Hall–Kier alpha value is -2.52. The van der Waals surface area contributed by atoms with E-state index in [-0.39, 0.29) is 18.2 Å². The standard InChI is InChI=1S/C25H40N8O/c1-6-7-16-34-21(4)24-26-10-9-23(28-24)33-19(2)17-32(18-20(33)3)22-8-11-27-25(29-22)31-14-12-30(5)13-15-31/h8-11,19-21H,6-7,12-18H2,1-5H3/t19-,20+,21-/m0/s1. The molecule has 2 fully saturated rings. The van der Waals surface area contributed by atoms with Gasteiger partial charge in [0.1, 0.15) is 17.7 Å². The number of likely N-dealkylation sites (N-methyl/N-ethyl adjacent to an activating group) is 1. The predicted molar refractivity (Wildman–Crippen MR) is 137 cm³/mol.